The number of nitrogens with zero attached hydrogens (tertiary/aromatic N) is 1. The van der Waals surface area contributed by atoms with Crippen molar-refractivity contribution in [3.8, 4) is 11.5 Å². The maximum atomic E-state index is 12.2. The van der Waals surface area contributed by atoms with Crippen LogP contribution >= 0.6 is 0 Å². The first kappa shape index (κ1) is 18.9. The summed E-state index contributed by atoms with van der Waals surface area (Å²) in [5, 5.41) is 5.90. The Balaban J connectivity index is 1.48. The predicted octanol–water partition coefficient (Wildman–Crippen LogP) is 3.17. The molecule has 1 heterocycles. The number of amides is 2. The van der Waals surface area contributed by atoms with Crippen LogP contribution in [-0.2, 0) is 6.54 Å². The number of rotatable bonds is 7. The Kier molecular flexibility index (Phi) is 6.41. The molecule has 0 spiro atoms. The molecule has 6 heteroatoms. The van der Waals surface area contributed by atoms with E-state index < -0.39 is 0 Å². The Morgan fingerprint density at radius 3 is 2.59 bits per heavy atom. The SMILES string of the molecule is COc1ccc(CNC(=O)NCC2CCCN2c2ccccc2)cc1OC. The van der Waals surface area contributed by atoms with Gasteiger partial charge in [-0.1, -0.05) is 24.3 Å². The molecule has 0 aromatic heterocycles. The fraction of sp³-hybridized carbons (Fsp3) is 0.381. The second kappa shape index (κ2) is 9.16. The Labute approximate surface area is 160 Å². The quantitative estimate of drug-likeness (QED) is 0.787. The summed E-state index contributed by atoms with van der Waals surface area (Å²) < 4.78 is 10.5. The summed E-state index contributed by atoms with van der Waals surface area (Å²) in [5.74, 6) is 1.33. The summed E-state index contributed by atoms with van der Waals surface area (Å²) in [6.07, 6.45) is 2.24. The number of anilines is 1. The largest absolute Gasteiger partial charge is 0.493 e. The highest BCUT2D eigenvalue weighted by Crippen LogP contribution is 2.27. The van der Waals surface area contributed by atoms with Crippen LogP contribution in [0.3, 0.4) is 0 Å². The molecule has 2 amide bonds. The maximum absolute atomic E-state index is 12.2. The van der Waals surface area contributed by atoms with Gasteiger partial charge in [-0.15, -0.1) is 0 Å². The normalized spacial score (nSPS) is 16.1. The van der Waals surface area contributed by atoms with E-state index in [-0.39, 0.29) is 6.03 Å². The van der Waals surface area contributed by atoms with Crippen LogP contribution in [0.1, 0.15) is 18.4 Å². The lowest BCUT2D eigenvalue weighted by Gasteiger charge is -2.27. The number of para-hydroxylation sites is 1. The topological polar surface area (TPSA) is 62.8 Å². The van der Waals surface area contributed by atoms with Crippen LogP contribution in [0.15, 0.2) is 48.5 Å². The second-order valence-corrected chi connectivity index (χ2v) is 6.58. The van der Waals surface area contributed by atoms with Gasteiger partial charge in [0.25, 0.3) is 0 Å². The summed E-state index contributed by atoms with van der Waals surface area (Å²) in [4.78, 5) is 14.6. The van der Waals surface area contributed by atoms with Crippen LogP contribution in [0.2, 0.25) is 0 Å². The van der Waals surface area contributed by atoms with Crippen molar-refractivity contribution in [1.29, 1.82) is 0 Å². The Morgan fingerprint density at radius 2 is 1.85 bits per heavy atom. The molecule has 0 saturated carbocycles. The number of benzene rings is 2. The first-order valence-corrected chi connectivity index (χ1v) is 9.25. The van der Waals surface area contributed by atoms with Gasteiger partial charge in [0.2, 0.25) is 0 Å². The molecule has 1 aliphatic rings. The molecule has 2 N–H and O–H groups in total. The van der Waals surface area contributed by atoms with Gasteiger partial charge >= 0.3 is 6.03 Å². The van der Waals surface area contributed by atoms with Crippen molar-refractivity contribution < 1.29 is 14.3 Å². The predicted molar refractivity (Wildman–Crippen MR) is 107 cm³/mol. The van der Waals surface area contributed by atoms with Crippen LogP contribution in [0.25, 0.3) is 0 Å². The zero-order chi connectivity index (χ0) is 19.1. The van der Waals surface area contributed by atoms with Crippen molar-refractivity contribution in [2.45, 2.75) is 25.4 Å². The summed E-state index contributed by atoms with van der Waals surface area (Å²) >= 11 is 0. The first-order chi connectivity index (χ1) is 13.2. The molecule has 1 saturated heterocycles. The minimum Gasteiger partial charge on any atom is -0.493 e. The lowest BCUT2D eigenvalue weighted by Crippen LogP contribution is -2.43. The molecule has 1 unspecified atom stereocenters. The van der Waals surface area contributed by atoms with E-state index in [1.54, 1.807) is 14.2 Å². The summed E-state index contributed by atoms with van der Waals surface area (Å²) in [5.41, 5.74) is 2.17. The van der Waals surface area contributed by atoms with E-state index in [0.29, 0.717) is 30.6 Å². The van der Waals surface area contributed by atoms with Gasteiger partial charge in [-0.25, -0.2) is 4.79 Å². The van der Waals surface area contributed by atoms with E-state index in [1.165, 1.54) is 5.69 Å². The number of hydrogen-bond donors (Lipinski definition) is 2. The number of carbonyl (C=O) groups is 1. The van der Waals surface area contributed by atoms with E-state index in [1.807, 2.05) is 36.4 Å². The molecular weight excluding hydrogens is 342 g/mol. The average Bonchev–Trinajstić information content (AvgIpc) is 3.19. The second-order valence-electron chi connectivity index (χ2n) is 6.58. The lowest BCUT2D eigenvalue weighted by atomic mass is 10.2. The van der Waals surface area contributed by atoms with Crippen molar-refractivity contribution in [3.05, 3.63) is 54.1 Å². The smallest absolute Gasteiger partial charge is 0.315 e. The van der Waals surface area contributed by atoms with Gasteiger partial charge in [0.1, 0.15) is 0 Å². The monoisotopic (exact) mass is 369 g/mol. The third-order valence-electron chi connectivity index (χ3n) is 4.86. The zero-order valence-corrected chi connectivity index (χ0v) is 15.9. The van der Waals surface area contributed by atoms with Gasteiger partial charge < -0.3 is 25.0 Å². The molecule has 1 aliphatic heterocycles. The highest BCUT2D eigenvalue weighted by Gasteiger charge is 2.24. The van der Waals surface area contributed by atoms with E-state index in [4.69, 9.17) is 9.47 Å². The number of urea groups is 1. The molecular formula is C21H27N3O3. The molecule has 1 atom stereocenters. The number of nitrogens with one attached hydrogen (secondary N) is 2. The van der Waals surface area contributed by atoms with E-state index in [2.05, 4.69) is 27.7 Å². The number of carbonyl (C=O) groups excluding carboxylic acids is 1. The molecule has 0 radical (unpaired) electrons. The zero-order valence-electron chi connectivity index (χ0n) is 15.9. The Bertz CT molecular complexity index is 752. The average molecular weight is 369 g/mol. The molecule has 27 heavy (non-hydrogen) atoms. The molecule has 2 aromatic carbocycles. The van der Waals surface area contributed by atoms with Crippen molar-refractivity contribution in [1.82, 2.24) is 10.6 Å². The Morgan fingerprint density at radius 1 is 1.07 bits per heavy atom. The fourth-order valence-electron chi connectivity index (χ4n) is 3.45. The van der Waals surface area contributed by atoms with Gasteiger partial charge in [-0.05, 0) is 42.7 Å². The van der Waals surface area contributed by atoms with Crippen LogP contribution in [0, 0.1) is 0 Å². The van der Waals surface area contributed by atoms with Gasteiger partial charge in [0.05, 0.1) is 14.2 Å². The van der Waals surface area contributed by atoms with Crippen LogP contribution in [0.5, 0.6) is 11.5 Å². The summed E-state index contributed by atoms with van der Waals surface area (Å²) in [6.45, 7) is 2.09. The van der Waals surface area contributed by atoms with Crippen LogP contribution in [0.4, 0.5) is 10.5 Å². The minimum absolute atomic E-state index is 0.162. The molecule has 6 nitrogen and oxygen atoms in total. The van der Waals surface area contributed by atoms with Gasteiger partial charge in [-0.2, -0.15) is 0 Å². The van der Waals surface area contributed by atoms with E-state index >= 15 is 0 Å². The molecule has 2 aromatic rings. The first-order valence-electron chi connectivity index (χ1n) is 9.25. The molecule has 144 valence electrons. The molecule has 0 aliphatic carbocycles. The third kappa shape index (κ3) is 4.84. The van der Waals surface area contributed by atoms with Gasteiger partial charge in [0, 0.05) is 31.4 Å². The van der Waals surface area contributed by atoms with Crippen molar-refractivity contribution in [2.75, 3.05) is 32.2 Å². The van der Waals surface area contributed by atoms with Gasteiger partial charge in [0.15, 0.2) is 11.5 Å². The van der Waals surface area contributed by atoms with Crippen molar-refractivity contribution in [3.63, 3.8) is 0 Å². The van der Waals surface area contributed by atoms with Crippen molar-refractivity contribution >= 4 is 11.7 Å². The minimum atomic E-state index is -0.162. The number of ether oxygens (including phenoxy) is 2. The highest BCUT2D eigenvalue weighted by atomic mass is 16.5. The van der Waals surface area contributed by atoms with E-state index in [9.17, 15) is 4.79 Å². The van der Waals surface area contributed by atoms with Crippen LogP contribution < -0.4 is 25.0 Å². The standard InChI is InChI=1S/C21H27N3O3/c1-26-19-11-10-16(13-20(19)27-2)14-22-21(25)23-15-18-9-6-12-24(18)17-7-4-3-5-8-17/h3-5,7-8,10-11,13,18H,6,9,12,14-15H2,1-2H3,(H2,22,23,25). The third-order valence-corrected chi connectivity index (χ3v) is 4.86. The number of methoxy groups -OCH3 is 2. The fourth-order valence-corrected chi connectivity index (χ4v) is 3.45. The molecule has 1 fully saturated rings. The molecule has 0 bridgehead atoms. The maximum Gasteiger partial charge on any atom is 0.315 e. The highest BCUT2D eigenvalue weighted by molar-refractivity contribution is 5.74. The van der Waals surface area contributed by atoms with E-state index in [0.717, 1.165) is 24.9 Å². The summed E-state index contributed by atoms with van der Waals surface area (Å²) in [6, 6.07) is 16.2. The Hall–Kier alpha value is -2.89. The number of hydrogen-bond acceptors (Lipinski definition) is 4. The lowest BCUT2D eigenvalue weighted by molar-refractivity contribution is 0.240. The van der Waals surface area contributed by atoms with Crippen LogP contribution in [-0.4, -0.2) is 39.4 Å². The van der Waals surface area contributed by atoms with Crippen molar-refractivity contribution in [2.24, 2.45) is 0 Å². The molecule has 3 rings (SSSR count). The summed E-state index contributed by atoms with van der Waals surface area (Å²) in [7, 11) is 3.20. The van der Waals surface area contributed by atoms with Gasteiger partial charge in [-0.3, -0.25) is 0 Å².